The first-order valence-corrected chi connectivity index (χ1v) is 10.3. The molecule has 7 heteroatoms. The second-order valence-corrected chi connectivity index (χ2v) is 7.78. The van der Waals surface area contributed by atoms with Gasteiger partial charge < -0.3 is 19.9 Å². The van der Waals surface area contributed by atoms with Gasteiger partial charge in [0.15, 0.2) is 5.96 Å². The van der Waals surface area contributed by atoms with E-state index >= 15 is 0 Å². The molecule has 1 aromatic carbocycles. The molecule has 0 aliphatic carbocycles. The van der Waals surface area contributed by atoms with Crippen LogP contribution in [0.4, 0.5) is 0 Å². The Morgan fingerprint density at radius 2 is 2.17 bits per heavy atom. The molecule has 7 nitrogen and oxygen atoms in total. The molecule has 0 radical (unpaired) electrons. The molecule has 1 aliphatic rings. The van der Waals surface area contributed by atoms with Crippen molar-refractivity contribution in [3.8, 4) is 0 Å². The fourth-order valence-corrected chi connectivity index (χ4v) is 3.76. The number of morpholine rings is 1. The first kappa shape index (κ1) is 21.3. The Morgan fingerprint density at radius 3 is 2.83 bits per heavy atom. The first-order chi connectivity index (χ1) is 14.0. The predicted octanol–water partition coefficient (Wildman–Crippen LogP) is 2.37. The third-order valence-corrected chi connectivity index (χ3v) is 5.38. The third-order valence-electron chi connectivity index (χ3n) is 5.38. The molecule has 1 N–H and O–H groups in total. The van der Waals surface area contributed by atoms with E-state index in [0.717, 1.165) is 25.6 Å². The minimum atomic E-state index is 0.0665. The highest BCUT2D eigenvalue weighted by Crippen LogP contribution is 2.25. The van der Waals surface area contributed by atoms with Crippen LogP contribution in [0.25, 0.3) is 0 Å². The molecule has 0 spiro atoms. The van der Waals surface area contributed by atoms with Crippen molar-refractivity contribution >= 4 is 5.96 Å². The Hall–Kier alpha value is -2.38. The van der Waals surface area contributed by atoms with Gasteiger partial charge >= 0.3 is 0 Å². The van der Waals surface area contributed by atoms with Crippen molar-refractivity contribution in [1.29, 1.82) is 0 Å². The summed E-state index contributed by atoms with van der Waals surface area (Å²) in [5.74, 6) is 0.949. The molecule has 0 amide bonds. The number of aryl methyl sites for hydroxylation is 2. The van der Waals surface area contributed by atoms with Crippen molar-refractivity contribution in [2.45, 2.75) is 26.0 Å². The number of benzene rings is 1. The van der Waals surface area contributed by atoms with Crippen molar-refractivity contribution < 1.29 is 4.74 Å². The molecule has 2 aromatic rings. The van der Waals surface area contributed by atoms with Gasteiger partial charge in [0.2, 0.25) is 0 Å². The summed E-state index contributed by atoms with van der Waals surface area (Å²) in [6, 6.07) is 8.65. The van der Waals surface area contributed by atoms with Crippen LogP contribution in [-0.2, 0) is 11.8 Å². The molecule has 1 aliphatic heterocycles. The van der Waals surface area contributed by atoms with E-state index in [1.807, 2.05) is 17.9 Å². The van der Waals surface area contributed by atoms with E-state index in [1.54, 1.807) is 0 Å². The third kappa shape index (κ3) is 5.36. The van der Waals surface area contributed by atoms with Crippen LogP contribution in [0.3, 0.4) is 0 Å². The van der Waals surface area contributed by atoms with Gasteiger partial charge in [0.1, 0.15) is 6.10 Å². The van der Waals surface area contributed by atoms with Crippen LogP contribution < -0.4 is 5.32 Å². The van der Waals surface area contributed by atoms with Gasteiger partial charge in [-0.25, -0.2) is 0 Å². The second-order valence-electron chi connectivity index (χ2n) is 7.78. The molecule has 2 heterocycles. The van der Waals surface area contributed by atoms with Gasteiger partial charge in [0, 0.05) is 31.9 Å². The van der Waals surface area contributed by atoms with Crippen LogP contribution in [-0.4, -0.2) is 72.4 Å². The Balaban J connectivity index is 1.76. The fraction of sp³-hybridized carbons (Fsp3) is 0.545. The maximum absolute atomic E-state index is 6.10. The highest BCUT2D eigenvalue weighted by atomic mass is 16.5. The zero-order chi connectivity index (χ0) is 20.8. The maximum Gasteiger partial charge on any atom is 0.194 e. The molecule has 0 bridgehead atoms. The number of rotatable bonds is 6. The standard InChI is InChI=1S/C22H34N6O/c1-6-23-22(24-14-20(26(3)4)18-13-25-27(5)15-18)28-11-12-29-21(16-28)19-10-8-7-9-17(19)2/h7-10,13,15,20-21H,6,11-12,14,16H2,1-5H3,(H,23,24). The van der Waals surface area contributed by atoms with Gasteiger partial charge in [-0.3, -0.25) is 9.67 Å². The summed E-state index contributed by atoms with van der Waals surface area (Å²) in [5.41, 5.74) is 3.71. The molecule has 29 heavy (non-hydrogen) atoms. The van der Waals surface area contributed by atoms with E-state index < -0.39 is 0 Å². The van der Waals surface area contributed by atoms with E-state index in [1.165, 1.54) is 16.7 Å². The number of aliphatic imine (C=N–C) groups is 1. The molecule has 1 fully saturated rings. The largest absolute Gasteiger partial charge is 0.370 e. The van der Waals surface area contributed by atoms with E-state index in [9.17, 15) is 0 Å². The zero-order valence-corrected chi connectivity index (χ0v) is 18.3. The van der Waals surface area contributed by atoms with Crippen LogP contribution in [0.15, 0.2) is 41.7 Å². The minimum absolute atomic E-state index is 0.0665. The number of hydrogen-bond acceptors (Lipinski definition) is 4. The molecule has 0 saturated carbocycles. The molecule has 2 unspecified atom stereocenters. The van der Waals surface area contributed by atoms with Crippen LogP contribution in [0.1, 0.15) is 35.8 Å². The molecule has 2 atom stereocenters. The highest BCUT2D eigenvalue weighted by Gasteiger charge is 2.25. The Kier molecular flexibility index (Phi) is 7.28. The van der Waals surface area contributed by atoms with E-state index in [4.69, 9.17) is 9.73 Å². The van der Waals surface area contributed by atoms with Crippen LogP contribution in [0.2, 0.25) is 0 Å². The number of hydrogen-bond donors (Lipinski definition) is 1. The highest BCUT2D eigenvalue weighted by molar-refractivity contribution is 5.80. The van der Waals surface area contributed by atoms with E-state index in [2.05, 4.69) is 78.6 Å². The van der Waals surface area contributed by atoms with Gasteiger partial charge in [-0.05, 0) is 39.1 Å². The SMILES string of the molecule is CCNC(=NCC(c1cnn(C)c1)N(C)C)N1CCOC(c2ccccc2C)C1. The summed E-state index contributed by atoms with van der Waals surface area (Å²) in [5, 5.41) is 7.79. The average molecular weight is 399 g/mol. The molecule has 1 saturated heterocycles. The maximum atomic E-state index is 6.10. The van der Waals surface area contributed by atoms with E-state index in [0.29, 0.717) is 13.2 Å². The lowest BCUT2D eigenvalue weighted by Gasteiger charge is -2.36. The van der Waals surface area contributed by atoms with Crippen LogP contribution >= 0.6 is 0 Å². The summed E-state index contributed by atoms with van der Waals surface area (Å²) in [4.78, 5) is 9.51. The number of guanidine groups is 1. The summed E-state index contributed by atoms with van der Waals surface area (Å²) in [6.07, 6.45) is 4.06. The molecular formula is C22H34N6O. The smallest absolute Gasteiger partial charge is 0.194 e. The summed E-state index contributed by atoms with van der Waals surface area (Å²) in [7, 11) is 6.12. The first-order valence-electron chi connectivity index (χ1n) is 10.3. The number of aromatic nitrogens is 2. The topological polar surface area (TPSA) is 57.9 Å². The van der Waals surface area contributed by atoms with Crippen LogP contribution in [0, 0.1) is 6.92 Å². The Bertz CT molecular complexity index is 815. The fourth-order valence-electron chi connectivity index (χ4n) is 3.76. The number of ether oxygens (including phenoxy) is 1. The van der Waals surface area contributed by atoms with Gasteiger partial charge in [-0.15, -0.1) is 0 Å². The normalized spacial score (nSPS) is 18.9. The Labute approximate surface area is 174 Å². The predicted molar refractivity (Wildman–Crippen MR) is 117 cm³/mol. The monoisotopic (exact) mass is 398 g/mol. The van der Waals surface area contributed by atoms with Gasteiger partial charge in [0.05, 0.1) is 31.9 Å². The van der Waals surface area contributed by atoms with Crippen molar-refractivity contribution in [2.24, 2.45) is 12.0 Å². The van der Waals surface area contributed by atoms with Crippen molar-refractivity contribution in [3.63, 3.8) is 0 Å². The Morgan fingerprint density at radius 1 is 1.38 bits per heavy atom. The number of nitrogens with zero attached hydrogens (tertiary/aromatic N) is 5. The number of likely N-dealkylation sites (N-methyl/N-ethyl adjacent to an activating group) is 1. The molecule has 158 valence electrons. The summed E-state index contributed by atoms with van der Waals surface area (Å²) >= 11 is 0. The average Bonchev–Trinajstić information content (AvgIpc) is 3.13. The molecule has 1 aromatic heterocycles. The number of nitrogens with one attached hydrogen (secondary N) is 1. The lowest BCUT2D eigenvalue weighted by molar-refractivity contribution is -0.00836. The summed E-state index contributed by atoms with van der Waals surface area (Å²) in [6.45, 7) is 8.11. The molecule has 3 rings (SSSR count). The lowest BCUT2D eigenvalue weighted by Crippen LogP contribution is -2.48. The van der Waals surface area contributed by atoms with E-state index in [-0.39, 0.29) is 12.1 Å². The van der Waals surface area contributed by atoms with Gasteiger partial charge in [-0.1, -0.05) is 24.3 Å². The minimum Gasteiger partial charge on any atom is -0.370 e. The van der Waals surface area contributed by atoms with Gasteiger partial charge in [0.25, 0.3) is 0 Å². The second kappa shape index (κ2) is 9.89. The molecular weight excluding hydrogens is 364 g/mol. The lowest BCUT2D eigenvalue weighted by atomic mass is 10.0. The zero-order valence-electron chi connectivity index (χ0n) is 18.3. The van der Waals surface area contributed by atoms with Crippen LogP contribution in [0.5, 0.6) is 0 Å². The van der Waals surface area contributed by atoms with Crippen molar-refractivity contribution in [1.82, 2.24) is 24.9 Å². The van der Waals surface area contributed by atoms with Gasteiger partial charge in [-0.2, -0.15) is 5.10 Å². The summed E-state index contributed by atoms with van der Waals surface area (Å²) < 4.78 is 7.94. The quantitative estimate of drug-likeness (QED) is 0.598. The van der Waals surface area contributed by atoms with Crippen molar-refractivity contribution in [2.75, 3.05) is 46.9 Å². The van der Waals surface area contributed by atoms with Crippen molar-refractivity contribution in [3.05, 3.63) is 53.3 Å².